The van der Waals surface area contributed by atoms with Crippen molar-refractivity contribution in [2.24, 2.45) is 11.7 Å². The number of nitrogens with one attached hydrogen (secondary N) is 1. The first-order valence-corrected chi connectivity index (χ1v) is 12.2. The van der Waals surface area contributed by atoms with Crippen molar-refractivity contribution in [3.8, 4) is 17.0 Å². The number of amides is 1. The third-order valence-corrected chi connectivity index (χ3v) is 6.51. The highest BCUT2D eigenvalue weighted by Crippen LogP contribution is 2.38. The molecule has 0 saturated heterocycles. The zero-order valence-corrected chi connectivity index (χ0v) is 20.7. The number of carbonyl (C=O) groups excluding carboxylic acids is 1. The molecule has 1 saturated carbocycles. The predicted octanol–water partition coefficient (Wildman–Crippen LogP) is 3.78. The number of aromatic nitrogens is 2. The first-order valence-electron chi connectivity index (χ1n) is 12.2. The Bertz CT molecular complexity index is 1280. The molecule has 0 bridgehead atoms. The Kier molecular flexibility index (Phi) is 8.60. The molecule has 202 valence electrons. The highest BCUT2D eigenvalue weighted by atomic mass is 19.1. The molecule has 0 radical (unpaired) electrons. The predicted molar refractivity (Wildman–Crippen MR) is 134 cm³/mol. The van der Waals surface area contributed by atoms with Crippen molar-refractivity contribution in [2.45, 2.75) is 44.2 Å². The van der Waals surface area contributed by atoms with Crippen LogP contribution in [-0.2, 0) is 0 Å². The number of benzene rings is 1. The summed E-state index contributed by atoms with van der Waals surface area (Å²) < 4.78 is 49.4. The molecule has 11 heteroatoms. The highest BCUT2D eigenvalue weighted by molar-refractivity contribution is 6.03. The van der Waals surface area contributed by atoms with Gasteiger partial charge in [0.05, 0.1) is 24.1 Å². The second-order valence-corrected chi connectivity index (χ2v) is 9.62. The molecule has 2 aromatic heterocycles. The number of pyridine rings is 2. The van der Waals surface area contributed by atoms with Gasteiger partial charge in [-0.15, -0.1) is 0 Å². The molecule has 1 aromatic carbocycles. The summed E-state index contributed by atoms with van der Waals surface area (Å²) >= 11 is 0. The van der Waals surface area contributed by atoms with Crippen molar-refractivity contribution in [3.05, 3.63) is 71.4 Å². The van der Waals surface area contributed by atoms with E-state index in [1.165, 1.54) is 6.20 Å². The standard InChI is InChI=1S/C27H29F3N4O4/c1-14-6-15(8-16(31)7-14)19-4-5-32-11-24(19)34-27(37)23-3-2-20(28)26(33-23)25-21(29)9-18(10-22(25)30)38-13-17(36)12-35/h2-5,9-11,14-17,35-36H,6-8,12-13,31H2,1H3,(H,34,37)/t14-,15+,16-,17+/m0/s1. The summed E-state index contributed by atoms with van der Waals surface area (Å²) in [6.07, 6.45) is 4.48. The van der Waals surface area contributed by atoms with Gasteiger partial charge in [-0.2, -0.15) is 0 Å². The molecule has 3 aromatic rings. The van der Waals surface area contributed by atoms with E-state index in [2.05, 4.69) is 22.2 Å². The van der Waals surface area contributed by atoms with Gasteiger partial charge in [0.25, 0.3) is 5.91 Å². The Morgan fingerprint density at radius 3 is 2.58 bits per heavy atom. The Morgan fingerprint density at radius 1 is 1.16 bits per heavy atom. The van der Waals surface area contributed by atoms with Crippen molar-refractivity contribution >= 4 is 11.6 Å². The molecule has 1 amide bonds. The van der Waals surface area contributed by atoms with Gasteiger partial charge in [-0.25, -0.2) is 18.2 Å². The molecular weight excluding hydrogens is 501 g/mol. The van der Waals surface area contributed by atoms with Crippen LogP contribution in [0.15, 0.2) is 42.7 Å². The van der Waals surface area contributed by atoms with Crippen LogP contribution in [0.25, 0.3) is 11.3 Å². The van der Waals surface area contributed by atoms with Gasteiger partial charge in [0.15, 0.2) is 0 Å². The lowest BCUT2D eigenvalue weighted by atomic mass is 9.76. The van der Waals surface area contributed by atoms with Crippen LogP contribution in [0.3, 0.4) is 0 Å². The number of aliphatic hydroxyl groups excluding tert-OH is 2. The number of aliphatic hydroxyl groups is 2. The molecule has 4 rings (SSSR count). The van der Waals surface area contributed by atoms with Crippen molar-refractivity contribution in [2.75, 3.05) is 18.5 Å². The van der Waals surface area contributed by atoms with Crippen LogP contribution in [0.2, 0.25) is 0 Å². The molecule has 1 aliphatic carbocycles. The molecule has 0 unspecified atom stereocenters. The van der Waals surface area contributed by atoms with E-state index in [1.54, 1.807) is 6.20 Å². The average molecular weight is 531 g/mol. The van der Waals surface area contributed by atoms with Gasteiger partial charge < -0.3 is 26.0 Å². The summed E-state index contributed by atoms with van der Waals surface area (Å²) in [5, 5.41) is 20.9. The van der Waals surface area contributed by atoms with Crippen LogP contribution in [-0.4, -0.2) is 51.4 Å². The maximum atomic E-state index is 14.8. The van der Waals surface area contributed by atoms with Gasteiger partial charge in [-0.1, -0.05) is 6.92 Å². The van der Waals surface area contributed by atoms with E-state index in [4.69, 9.17) is 15.6 Å². The summed E-state index contributed by atoms with van der Waals surface area (Å²) in [6.45, 7) is 1.13. The van der Waals surface area contributed by atoms with Gasteiger partial charge in [-0.05, 0) is 54.9 Å². The molecule has 1 fully saturated rings. The summed E-state index contributed by atoms with van der Waals surface area (Å²) in [5.74, 6) is -3.83. The maximum absolute atomic E-state index is 14.8. The molecule has 0 aliphatic heterocycles. The summed E-state index contributed by atoms with van der Waals surface area (Å²) in [4.78, 5) is 21.1. The van der Waals surface area contributed by atoms with Gasteiger partial charge in [0.1, 0.15) is 47.3 Å². The number of halogens is 3. The SMILES string of the molecule is C[C@@H]1C[C@H](N)C[C@H](c2ccncc2NC(=O)c2ccc(F)c(-c3c(F)cc(OC[C@H](O)CO)cc3F)n2)C1. The lowest BCUT2D eigenvalue weighted by Gasteiger charge is -2.32. The molecule has 1 aliphatic rings. The fraction of sp³-hybridized carbons (Fsp3) is 0.370. The normalized spacial score (nSPS) is 20.1. The van der Waals surface area contributed by atoms with Gasteiger partial charge in [0.2, 0.25) is 0 Å². The number of anilines is 1. The molecule has 0 spiro atoms. The Hall–Kier alpha value is -3.54. The largest absolute Gasteiger partial charge is 0.491 e. The minimum absolute atomic E-state index is 0.0446. The minimum atomic E-state index is -1.24. The number of ether oxygens (including phenoxy) is 1. The third kappa shape index (κ3) is 6.29. The zero-order chi connectivity index (χ0) is 27.4. The molecule has 5 N–H and O–H groups in total. The zero-order valence-electron chi connectivity index (χ0n) is 20.7. The van der Waals surface area contributed by atoms with Gasteiger partial charge >= 0.3 is 0 Å². The van der Waals surface area contributed by atoms with Crippen LogP contribution >= 0.6 is 0 Å². The Balaban J connectivity index is 1.59. The molecular formula is C27H29F3N4O4. The Labute approximate surface area is 217 Å². The van der Waals surface area contributed by atoms with E-state index in [-0.39, 0.29) is 23.4 Å². The third-order valence-electron chi connectivity index (χ3n) is 6.51. The van der Waals surface area contributed by atoms with Crippen LogP contribution in [0.1, 0.15) is 48.2 Å². The second kappa shape index (κ2) is 11.9. The highest BCUT2D eigenvalue weighted by Gasteiger charge is 2.28. The fourth-order valence-corrected chi connectivity index (χ4v) is 4.81. The quantitative estimate of drug-likeness (QED) is 0.349. The minimum Gasteiger partial charge on any atom is -0.491 e. The molecule has 8 nitrogen and oxygen atoms in total. The van der Waals surface area contributed by atoms with Gasteiger partial charge in [0, 0.05) is 24.4 Å². The summed E-state index contributed by atoms with van der Waals surface area (Å²) in [5.41, 5.74) is 5.82. The number of hydrogen-bond acceptors (Lipinski definition) is 7. The molecule has 2 heterocycles. The smallest absolute Gasteiger partial charge is 0.274 e. The van der Waals surface area contributed by atoms with Crippen LogP contribution in [0, 0.1) is 23.4 Å². The fourth-order valence-electron chi connectivity index (χ4n) is 4.81. The first-order chi connectivity index (χ1) is 18.2. The van der Waals surface area contributed by atoms with E-state index < -0.39 is 53.9 Å². The molecule has 38 heavy (non-hydrogen) atoms. The Morgan fingerprint density at radius 2 is 1.89 bits per heavy atom. The van der Waals surface area contributed by atoms with Crippen molar-refractivity contribution < 1.29 is 32.9 Å². The van der Waals surface area contributed by atoms with E-state index in [1.807, 2.05) is 6.07 Å². The average Bonchev–Trinajstić information content (AvgIpc) is 2.87. The maximum Gasteiger partial charge on any atom is 0.274 e. The van der Waals surface area contributed by atoms with E-state index in [0.29, 0.717) is 11.6 Å². The van der Waals surface area contributed by atoms with E-state index >= 15 is 0 Å². The van der Waals surface area contributed by atoms with Crippen molar-refractivity contribution in [3.63, 3.8) is 0 Å². The number of rotatable bonds is 8. The summed E-state index contributed by atoms with van der Waals surface area (Å²) in [7, 11) is 0. The van der Waals surface area contributed by atoms with Crippen LogP contribution in [0.4, 0.5) is 18.9 Å². The number of hydrogen-bond donors (Lipinski definition) is 4. The van der Waals surface area contributed by atoms with E-state index in [0.717, 1.165) is 49.1 Å². The first kappa shape index (κ1) is 27.5. The topological polar surface area (TPSA) is 131 Å². The lowest BCUT2D eigenvalue weighted by molar-refractivity contribution is 0.0534. The van der Waals surface area contributed by atoms with E-state index in [9.17, 15) is 23.1 Å². The molecule has 4 atom stereocenters. The monoisotopic (exact) mass is 530 g/mol. The van der Waals surface area contributed by atoms with Crippen molar-refractivity contribution in [1.29, 1.82) is 0 Å². The number of nitrogens with zero attached hydrogens (tertiary/aromatic N) is 2. The number of nitrogens with two attached hydrogens (primary N) is 1. The lowest BCUT2D eigenvalue weighted by Crippen LogP contribution is -2.31. The summed E-state index contributed by atoms with van der Waals surface area (Å²) in [6, 6.07) is 5.49. The number of carbonyl (C=O) groups is 1. The van der Waals surface area contributed by atoms with Crippen LogP contribution in [0.5, 0.6) is 5.75 Å². The van der Waals surface area contributed by atoms with Gasteiger partial charge in [-0.3, -0.25) is 9.78 Å². The second-order valence-electron chi connectivity index (χ2n) is 9.62. The van der Waals surface area contributed by atoms with Crippen molar-refractivity contribution in [1.82, 2.24) is 9.97 Å². The van der Waals surface area contributed by atoms with Crippen LogP contribution < -0.4 is 15.8 Å².